The minimum atomic E-state index is -0.913. The number of alkyl halides is 1. The molecular weight excluding hydrogens is 577 g/mol. The van der Waals surface area contributed by atoms with Crippen LogP contribution in [-0.2, 0) is 0 Å². The fourth-order valence-corrected chi connectivity index (χ4v) is 7.89. The van der Waals surface area contributed by atoms with Gasteiger partial charge in [0.2, 0.25) is 0 Å². The lowest BCUT2D eigenvalue weighted by Gasteiger charge is -2.31. The maximum absolute atomic E-state index is 16.6. The highest BCUT2D eigenvalue weighted by atomic mass is 32.1. The van der Waals surface area contributed by atoms with Crippen molar-refractivity contribution >= 4 is 49.9 Å². The van der Waals surface area contributed by atoms with Gasteiger partial charge in [-0.3, -0.25) is 14.9 Å². The summed E-state index contributed by atoms with van der Waals surface area (Å²) in [4.78, 5) is 21.7. The second kappa shape index (κ2) is 10.7. The van der Waals surface area contributed by atoms with E-state index in [-0.39, 0.29) is 56.1 Å². The largest absolute Gasteiger partial charge is 0.461 e. The summed E-state index contributed by atoms with van der Waals surface area (Å²) in [5.41, 5.74) is -0.166. The number of ether oxygens (including phenoxy) is 1. The van der Waals surface area contributed by atoms with Crippen molar-refractivity contribution < 1.29 is 17.9 Å². The summed E-state index contributed by atoms with van der Waals surface area (Å²) in [6.45, 7) is 6.49. The van der Waals surface area contributed by atoms with Crippen LogP contribution in [0.25, 0.3) is 32.2 Å². The van der Waals surface area contributed by atoms with E-state index in [0.717, 1.165) is 50.2 Å². The monoisotopic (exact) mass is 606 g/mol. The fraction of sp³-hybridized carbons (Fsp3) is 0.433. The Morgan fingerprint density at radius 2 is 2.21 bits per heavy atom. The van der Waals surface area contributed by atoms with Gasteiger partial charge in [-0.1, -0.05) is 0 Å². The summed E-state index contributed by atoms with van der Waals surface area (Å²) in [6, 6.07) is 4.81. The van der Waals surface area contributed by atoms with Crippen LogP contribution in [-0.4, -0.2) is 84.2 Å². The molecule has 3 saturated heterocycles. The van der Waals surface area contributed by atoms with Crippen LogP contribution in [0.5, 0.6) is 6.01 Å². The third kappa shape index (κ3) is 4.51. The molecule has 3 aromatic heterocycles. The number of aromatic nitrogens is 3. The highest BCUT2D eigenvalue weighted by Crippen LogP contribution is 2.45. The van der Waals surface area contributed by atoms with E-state index in [0.29, 0.717) is 24.2 Å². The van der Waals surface area contributed by atoms with E-state index in [9.17, 15) is 14.0 Å². The maximum atomic E-state index is 16.6. The molecule has 0 spiro atoms. The molecule has 0 saturated carbocycles. The molecule has 4 aromatic rings. The standard InChI is InChI=1S/C30H29F3N8OS/c1-35-28-19(11-34)22-18(4-5-21(32)26(22)43-28)24-23(33)25-20(13-37-24)27(40(2)17-6-8-36-12-17)39-29(38-25)42-15-30-7-3-9-41(30)14-16(31)10-30/h4-5,13,16-17,36H,1,3,6-10,12,14-15H2,2H3/t16-,17-,30+/m1/s1. The molecule has 3 fully saturated rings. The SMILES string of the molecule is C=Nc1sc2c(F)ccc(-c3ncc4c(N(C)[C@@H]5CCNC5)nc(OC[C@@]56CCCN5C[C@H](F)C6)nc4c3F)c2c1C#N. The Morgan fingerprint density at radius 1 is 1.35 bits per heavy atom. The van der Waals surface area contributed by atoms with E-state index < -0.39 is 23.3 Å². The van der Waals surface area contributed by atoms with E-state index in [4.69, 9.17) is 9.72 Å². The summed E-state index contributed by atoms with van der Waals surface area (Å²) >= 11 is 0.976. The molecule has 3 aliphatic rings. The van der Waals surface area contributed by atoms with Crippen LogP contribution >= 0.6 is 11.3 Å². The Labute approximate surface area is 250 Å². The van der Waals surface area contributed by atoms with Gasteiger partial charge in [0.25, 0.3) is 0 Å². The predicted molar refractivity (Wildman–Crippen MR) is 160 cm³/mol. The Morgan fingerprint density at radius 3 is 2.98 bits per heavy atom. The highest BCUT2D eigenvalue weighted by Gasteiger charge is 2.49. The maximum Gasteiger partial charge on any atom is 0.319 e. The normalized spacial score (nSPS) is 23.6. The summed E-state index contributed by atoms with van der Waals surface area (Å²) < 4.78 is 52.2. The molecule has 3 atom stereocenters. The van der Waals surface area contributed by atoms with Crippen molar-refractivity contribution in [3.8, 4) is 23.3 Å². The molecule has 7 rings (SSSR count). The number of halogens is 3. The van der Waals surface area contributed by atoms with Crippen LogP contribution in [0, 0.1) is 23.0 Å². The number of nitrogens with zero attached hydrogens (tertiary/aromatic N) is 7. The average molecular weight is 607 g/mol. The number of likely N-dealkylation sites (N-methyl/N-ethyl adjacent to an activating group) is 1. The van der Waals surface area contributed by atoms with Crippen molar-refractivity contribution in [1.29, 1.82) is 5.26 Å². The summed E-state index contributed by atoms with van der Waals surface area (Å²) in [5.74, 6) is -0.825. The first-order chi connectivity index (χ1) is 20.8. The molecule has 0 aliphatic carbocycles. The minimum Gasteiger partial charge on any atom is -0.461 e. The van der Waals surface area contributed by atoms with Gasteiger partial charge in [0, 0.05) is 49.7 Å². The van der Waals surface area contributed by atoms with Crippen LogP contribution in [0.1, 0.15) is 31.2 Å². The summed E-state index contributed by atoms with van der Waals surface area (Å²) in [5, 5.41) is 14.1. The van der Waals surface area contributed by atoms with Gasteiger partial charge in [-0.2, -0.15) is 15.2 Å². The van der Waals surface area contributed by atoms with Gasteiger partial charge in [-0.15, -0.1) is 11.3 Å². The van der Waals surface area contributed by atoms with Crippen molar-refractivity contribution in [3.63, 3.8) is 0 Å². The van der Waals surface area contributed by atoms with Gasteiger partial charge in [-0.05, 0) is 51.2 Å². The molecule has 1 N–H and O–H groups in total. The van der Waals surface area contributed by atoms with Crippen LogP contribution in [0.4, 0.5) is 24.0 Å². The Balaban J connectivity index is 1.37. The third-order valence-electron chi connectivity index (χ3n) is 9.07. The van der Waals surface area contributed by atoms with Crippen LogP contribution < -0.4 is 15.0 Å². The summed E-state index contributed by atoms with van der Waals surface area (Å²) in [6.07, 6.45) is 3.63. The van der Waals surface area contributed by atoms with Gasteiger partial charge >= 0.3 is 6.01 Å². The topological polar surface area (TPSA) is 103 Å². The average Bonchev–Trinajstić information content (AvgIpc) is 3.79. The first-order valence-corrected chi connectivity index (χ1v) is 15.1. The second-order valence-electron chi connectivity index (χ2n) is 11.5. The van der Waals surface area contributed by atoms with Crippen molar-refractivity contribution in [2.45, 2.75) is 43.4 Å². The Kier molecular flexibility index (Phi) is 6.95. The van der Waals surface area contributed by atoms with Gasteiger partial charge < -0.3 is 15.0 Å². The molecule has 222 valence electrons. The van der Waals surface area contributed by atoms with E-state index in [1.165, 1.54) is 18.3 Å². The minimum absolute atomic E-state index is 0.00414. The molecule has 9 nitrogen and oxygen atoms in total. The van der Waals surface area contributed by atoms with Crippen LogP contribution in [0.15, 0.2) is 23.3 Å². The van der Waals surface area contributed by atoms with Crippen molar-refractivity contribution in [2.75, 3.05) is 44.7 Å². The van der Waals surface area contributed by atoms with E-state index in [2.05, 4.69) is 38.0 Å². The molecule has 43 heavy (non-hydrogen) atoms. The molecule has 0 amide bonds. The lowest BCUT2D eigenvalue weighted by molar-refractivity contribution is 0.107. The van der Waals surface area contributed by atoms with Crippen LogP contribution in [0.3, 0.4) is 0 Å². The number of aliphatic imine (C=N–C) groups is 1. The molecule has 6 heterocycles. The third-order valence-corrected chi connectivity index (χ3v) is 10.2. The van der Waals surface area contributed by atoms with E-state index in [1.807, 2.05) is 11.9 Å². The van der Waals surface area contributed by atoms with Gasteiger partial charge in [-0.25, -0.2) is 13.2 Å². The van der Waals surface area contributed by atoms with Gasteiger partial charge in [0.1, 0.15) is 46.7 Å². The zero-order chi connectivity index (χ0) is 29.9. The fourth-order valence-electron chi connectivity index (χ4n) is 6.91. The first kappa shape index (κ1) is 27.9. The number of benzene rings is 1. The van der Waals surface area contributed by atoms with E-state index in [1.54, 1.807) is 0 Å². The molecule has 3 aliphatic heterocycles. The molecule has 0 bridgehead atoms. The first-order valence-electron chi connectivity index (χ1n) is 14.3. The quantitative estimate of drug-likeness (QED) is 0.289. The lowest BCUT2D eigenvalue weighted by Crippen LogP contribution is -2.43. The zero-order valence-corrected chi connectivity index (χ0v) is 24.4. The highest BCUT2D eigenvalue weighted by molar-refractivity contribution is 7.23. The Hall–Kier alpha value is -3.86. The predicted octanol–water partition coefficient (Wildman–Crippen LogP) is 5.14. The molecule has 0 radical (unpaired) electrons. The number of rotatable bonds is 7. The number of anilines is 1. The molecule has 1 aromatic carbocycles. The number of nitriles is 1. The number of fused-ring (bicyclic) bond motifs is 3. The molecule has 13 heteroatoms. The zero-order valence-electron chi connectivity index (χ0n) is 23.5. The number of nitrogens with one attached hydrogen (secondary N) is 1. The number of hydrogen-bond acceptors (Lipinski definition) is 10. The lowest BCUT2D eigenvalue weighted by atomic mass is 9.95. The van der Waals surface area contributed by atoms with Crippen molar-refractivity contribution in [3.05, 3.63) is 35.5 Å². The summed E-state index contributed by atoms with van der Waals surface area (Å²) in [7, 11) is 1.90. The van der Waals surface area contributed by atoms with Gasteiger partial charge in [0.15, 0.2) is 5.82 Å². The van der Waals surface area contributed by atoms with E-state index >= 15 is 4.39 Å². The number of thiophene rings is 1. The van der Waals surface area contributed by atoms with Crippen molar-refractivity contribution in [2.24, 2.45) is 4.99 Å². The second-order valence-corrected chi connectivity index (χ2v) is 12.5. The van der Waals surface area contributed by atoms with Crippen LogP contribution in [0.2, 0.25) is 0 Å². The smallest absolute Gasteiger partial charge is 0.319 e. The number of hydrogen-bond donors (Lipinski definition) is 1. The molecular formula is C30H29F3N8OS. The Bertz CT molecular complexity index is 1800. The number of pyridine rings is 1. The van der Waals surface area contributed by atoms with Gasteiger partial charge in [0.05, 0.1) is 21.2 Å². The molecule has 0 unspecified atom stereocenters. The van der Waals surface area contributed by atoms with Crippen molar-refractivity contribution in [1.82, 2.24) is 25.2 Å².